The first-order chi connectivity index (χ1) is 16.4. The molecule has 0 bridgehead atoms. The highest BCUT2D eigenvalue weighted by atomic mass is 32.1. The molecule has 35 heavy (non-hydrogen) atoms. The maximum atomic E-state index is 12.9. The third-order valence-corrected chi connectivity index (χ3v) is 5.12. The quantitative estimate of drug-likeness (QED) is 0.125. The molecule has 0 heterocycles. The molecule has 3 amide bonds. The number of hydrogen-bond donors (Lipinski definition) is 8. The van der Waals surface area contributed by atoms with Gasteiger partial charge in [0.25, 0.3) is 0 Å². The highest BCUT2D eigenvalue weighted by Crippen LogP contribution is 2.07. The van der Waals surface area contributed by atoms with E-state index in [4.69, 9.17) is 15.9 Å². The molecule has 0 radical (unpaired) electrons. The van der Waals surface area contributed by atoms with Gasteiger partial charge in [-0.1, -0.05) is 30.3 Å². The Morgan fingerprint density at radius 3 is 1.86 bits per heavy atom. The normalized spacial score (nSPS) is 14.0. The van der Waals surface area contributed by atoms with Crippen molar-refractivity contribution in [3.05, 3.63) is 35.9 Å². The van der Waals surface area contributed by atoms with E-state index in [2.05, 4.69) is 28.6 Å². The molecule has 0 aliphatic carbocycles. The van der Waals surface area contributed by atoms with Crippen molar-refractivity contribution in [3.63, 3.8) is 0 Å². The number of rotatable bonds is 15. The lowest BCUT2D eigenvalue weighted by Gasteiger charge is -2.24. The fraction of sp³-hybridized carbons (Fsp3) is 0.429. The predicted molar refractivity (Wildman–Crippen MR) is 125 cm³/mol. The molecule has 1 aromatic carbocycles. The van der Waals surface area contributed by atoms with Gasteiger partial charge in [-0.2, -0.15) is 12.6 Å². The molecule has 1 rings (SSSR count). The zero-order valence-corrected chi connectivity index (χ0v) is 19.4. The van der Waals surface area contributed by atoms with Crippen LogP contribution >= 0.6 is 12.6 Å². The summed E-state index contributed by atoms with van der Waals surface area (Å²) >= 11 is 3.87. The molecule has 4 atom stereocenters. The molecule has 0 aliphatic heterocycles. The fourth-order valence-corrected chi connectivity index (χ4v) is 3.04. The van der Waals surface area contributed by atoms with Crippen LogP contribution in [-0.4, -0.2) is 80.9 Å². The number of carboxylic acid groups (broad SMARTS) is 3. The first kappa shape index (κ1) is 29.4. The van der Waals surface area contributed by atoms with Crippen LogP contribution in [0.15, 0.2) is 30.3 Å². The first-order valence-electron chi connectivity index (χ1n) is 10.4. The summed E-state index contributed by atoms with van der Waals surface area (Å²) in [5.41, 5.74) is 6.14. The Balaban J connectivity index is 3.12. The van der Waals surface area contributed by atoms with E-state index < -0.39 is 79.1 Å². The number of thiol groups is 1. The van der Waals surface area contributed by atoms with Crippen LogP contribution in [0.4, 0.5) is 0 Å². The van der Waals surface area contributed by atoms with Gasteiger partial charge in [-0.25, -0.2) is 4.79 Å². The third kappa shape index (κ3) is 10.9. The summed E-state index contributed by atoms with van der Waals surface area (Å²) in [5, 5.41) is 34.0. The van der Waals surface area contributed by atoms with Crippen molar-refractivity contribution in [1.29, 1.82) is 0 Å². The zero-order valence-electron chi connectivity index (χ0n) is 18.5. The summed E-state index contributed by atoms with van der Waals surface area (Å²) < 4.78 is 0. The number of carboxylic acids is 3. The average molecular weight is 513 g/mol. The number of aliphatic carboxylic acids is 3. The van der Waals surface area contributed by atoms with E-state index in [0.717, 1.165) is 0 Å². The van der Waals surface area contributed by atoms with Gasteiger partial charge in [0.05, 0.1) is 12.5 Å². The summed E-state index contributed by atoms with van der Waals surface area (Å²) in [6, 6.07) is 2.74. The fourth-order valence-electron chi connectivity index (χ4n) is 2.87. The van der Waals surface area contributed by atoms with E-state index in [1.165, 1.54) is 0 Å². The van der Waals surface area contributed by atoms with Gasteiger partial charge in [0, 0.05) is 18.6 Å². The topological polar surface area (TPSA) is 225 Å². The Morgan fingerprint density at radius 1 is 0.800 bits per heavy atom. The van der Waals surface area contributed by atoms with E-state index >= 15 is 0 Å². The van der Waals surface area contributed by atoms with Gasteiger partial charge >= 0.3 is 17.9 Å². The van der Waals surface area contributed by atoms with Crippen molar-refractivity contribution in [2.45, 2.75) is 49.9 Å². The lowest BCUT2D eigenvalue weighted by molar-refractivity contribution is -0.144. The van der Waals surface area contributed by atoms with Crippen molar-refractivity contribution < 1.29 is 44.1 Å². The predicted octanol–water partition coefficient (Wildman–Crippen LogP) is -1.64. The summed E-state index contributed by atoms with van der Waals surface area (Å²) in [5.74, 6) is -6.99. The minimum atomic E-state index is -1.58. The molecule has 0 spiro atoms. The highest BCUT2D eigenvalue weighted by Gasteiger charge is 2.31. The van der Waals surface area contributed by atoms with Gasteiger partial charge < -0.3 is 37.0 Å². The van der Waals surface area contributed by atoms with Gasteiger partial charge in [-0.3, -0.25) is 24.0 Å². The first-order valence-corrected chi connectivity index (χ1v) is 11.1. The van der Waals surface area contributed by atoms with Crippen LogP contribution in [0.5, 0.6) is 0 Å². The minimum Gasteiger partial charge on any atom is -0.481 e. The van der Waals surface area contributed by atoms with Crippen molar-refractivity contribution >= 4 is 48.3 Å². The van der Waals surface area contributed by atoms with Crippen molar-refractivity contribution in [1.82, 2.24) is 16.0 Å². The van der Waals surface area contributed by atoms with Gasteiger partial charge in [0.15, 0.2) is 0 Å². The zero-order chi connectivity index (χ0) is 26.5. The molecule has 14 heteroatoms. The second-order valence-electron chi connectivity index (χ2n) is 7.53. The molecule has 0 saturated carbocycles. The lowest BCUT2D eigenvalue weighted by atomic mass is 10.0. The van der Waals surface area contributed by atoms with Crippen LogP contribution in [0.2, 0.25) is 0 Å². The van der Waals surface area contributed by atoms with Crippen LogP contribution in [0, 0.1) is 0 Å². The van der Waals surface area contributed by atoms with Crippen LogP contribution < -0.4 is 21.7 Å². The molecule has 0 fully saturated rings. The Labute approximate surface area is 205 Å². The molecule has 0 saturated heterocycles. The second kappa shape index (κ2) is 14.6. The summed E-state index contributed by atoms with van der Waals surface area (Å²) in [7, 11) is 0. The average Bonchev–Trinajstić information content (AvgIpc) is 2.79. The maximum absolute atomic E-state index is 12.9. The van der Waals surface area contributed by atoms with Gasteiger partial charge in [0.1, 0.15) is 18.1 Å². The smallest absolute Gasteiger partial charge is 0.326 e. The van der Waals surface area contributed by atoms with Crippen molar-refractivity contribution in [2.24, 2.45) is 5.73 Å². The van der Waals surface area contributed by atoms with Gasteiger partial charge in [-0.15, -0.1) is 0 Å². The molecule has 13 nitrogen and oxygen atoms in total. The number of hydrogen-bond acceptors (Lipinski definition) is 8. The maximum Gasteiger partial charge on any atom is 0.326 e. The Hall–Kier alpha value is -3.65. The van der Waals surface area contributed by atoms with E-state index in [-0.39, 0.29) is 12.2 Å². The van der Waals surface area contributed by atoms with Gasteiger partial charge in [-0.05, 0) is 12.0 Å². The number of amides is 3. The molecule has 1 aromatic rings. The Bertz CT molecular complexity index is 929. The van der Waals surface area contributed by atoms with E-state index in [9.17, 15) is 33.9 Å². The molecule has 4 unspecified atom stereocenters. The monoisotopic (exact) mass is 512 g/mol. The van der Waals surface area contributed by atoms with Crippen molar-refractivity contribution in [3.8, 4) is 0 Å². The lowest BCUT2D eigenvalue weighted by Crippen LogP contribution is -2.58. The standard InChI is InChI=1S/C21H28N4O9S/c22-12(10-35)18(30)24-15(9-17(28)29)20(32)25-14(8-11-4-2-1-3-5-11)19(31)23-13(21(33)34)6-7-16(26)27/h1-5,12-15,35H,6-10,22H2,(H,23,31)(H,24,30)(H,25,32)(H,26,27)(H,28,29)(H,33,34). The van der Waals surface area contributed by atoms with E-state index in [1.807, 2.05) is 0 Å². The third-order valence-electron chi connectivity index (χ3n) is 4.72. The van der Waals surface area contributed by atoms with E-state index in [1.54, 1.807) is 30.3 Å². The summed E-state index contributed by atoms with van der Waals surface area (Å²) in [6.45, 7) is 0. The number of benzene rings is 1. The minimum absolute atomic E-state index is 0.0702. The highest BCUT2D eigenvalue weighted by molar-refractivity contribution is 7.80. The number of carbonyl (C=O) groups excluding carboxylic acids is 3. The number of carbonyl (C=O) groups is 6. The Kier molecular flexibility index (Phi) is 12.2. The van der Waals surface area contributed by atoms with E-state index in [0.29, 0.717) is 5.56 Å². The SMILES string of the molecule is NC(CS)C(=O)NC(CC(=O)O)C(=O)NC(Cc1ccccc1)C(=O)NC(CCC(=O)O)C(=O)O. The number of nitrogens with one attached hydrogen (secondary N) is 3. The van der Waals surface area contributed by atoms with Crippen LogP contribution in [0.1, 0.15) is 24.8 Å². The van der Waals surface area contributed by atoms with Crippen molar-refractivity contribution in [2.75, 3.05) is 5.75 Å². The molecule has 192 valence electrons. The molecule has 8 N–H and O–H groups in total. The molecular weight excluding hydrogens is 484 g/mol. The second-order valence-corrected chi connectivity index (χ2v) is 7.90. The summed E-state index contributed by atoms with van der Waals surface area (Å²) in [4.78, 5) is 71.3. The van der Waals surface area contributed by atoms with Crippen LogP contribution in [0.3, 0.4) is 0 Å². The Morgan fingerprint density at radius 2 is 1.34 bits per heavy atom. The molecule has 0 aliphatic rings. The molecule has 0 aromatic heterocycles. The largest absolute Gasteiger partial charge is 0.481 e. The van der Waals surface area contributed by atoms with Crippen LogP contribution in [-0.2, 0) is 35.2 Å². The number of nitrogens with two attached hydrogens (primary N) is 1. The molecular formula is C21H28N4O9S. The van der Waals surface area contributed by atoms with Crippen LogP contribution in [0.25, 0.3) is 0 Å². The van der Waals surface area contributed by atoms with Gasteiger partial charge in [0.2, 0.25) is 17.7 Å². The summed E-state index contributed by atoms with van der Waals surface area (Å²) in [6.07, 6.45) is -1.84.